The number of nitrogens with one attached hydrogen (secondary N) is 1. The van der Waals surface area contributed by atoms with Gasteiger partial charge < -0.3 is 10.3 Å². The molecule has 1 aliphatic heterocycles. The van der Waals surface area contributed by atoms with Gasteiger partial charge in [-0.15, -0.1) is 0 Å². The number of carbonyl (C=O) groups excluding carboxylic acids is 1. The standard InChI is InChI=1S/C13H19ClN4O/c1-2-9-3-5-18(6-4-9)13(19)10-7-11(14)16-12(8-10)17-15/h7-9H,2-6,15H2,1H3,(H,16,17). The molecular weight excluding hydrogens is 264 g/mol. The minimum absolute atomic E-state index is 0.00430. The minimum atomic E-state index is -0.00430. The number of aromatic nitrogens is 1. The van der Waals surface area contributed by atoms with E-state index in [0.717, 1.165) is 31.8 Å². The van der Waals surface area contributed by atoms with Crippen molar-refractivity contribution >= 4 is 23.3 Å². The molecule has 1 aromatic rings. The van der Waals surface area contributed by atoms with Crippen LogP contribution >= 0.6 is 11.6 Å². The molecule has 0 atom stereocenters. The fourth-order valence-electron chi connectivity index (χ4n) is 2.42. The Morgan fingerprint density at radius 2 is 2.21 bits per heavy atom. The molecule has 0 bridgehead atoms. The fourth-order valence-corrected chi connectivity index (χ4v) is 2.63. The highest BCUT2D eigenvalue weighted by Crippen LogP contribution is 2.22. The van der Waals surface area contributed by atoms with Crippen molar-refractivity contribution in [1.29, 1.82) is 0 Å². The smallest absolute Gasteiger partial charge is 0.254 e. The summed E-state index contributed by atoms with van der Waals surface area (Å²) in [4.78, 5) is 18.2. The van der Waals surface area contributed by atoms with E-state index in [1.807, 2.05) is 4.90 Å². The monoisotopic (exact) mass is 282 g/mol. The van der Waals surface area contributed by atoms with E-state index in [9.17, 15) is 4.79 Å². The van der Waals surface area contributed by atoms with Crippen molar-refractivity contribution in [3.8, 4) is 0 Å². The lowest BCUT2D eigenvalue weighted by Crippen LogP contribution is -2.38. The molecule has 0 spiro atoms. The van der Waals surface area contributed by atoms with E-state index in [2.05, 4.69) is 17.3 Å². The van der Waals surface area contributed by atoms with Gasteiger partial charge in [-0.2, -0.15) is 0 Å². The first kappa shape index (κ1) is 14.1. The number of likely N-dealkylation sites (tertiary alicyclic amines) is 1. The second-order valence-corrected chi connectivity index (χ2v) is 5.24. The van der Waals surface area contributed by atoms with E-state index >= 15 is 0 Å². The normalized spacial score (nSPS) is 16.5. The number of anilines is 1. The number of hydrazine groups is 1. The number of nitrogens with zero attached hydrogens (tertiary/aromatic N) is 2. The molecule has 0 radical (unpaired) electrons. The van der Waals surface area contributed by atoms with Crippen LogP contribution in [0.15, 0.2) is 12.1 Å². The number of halogens is 1. The molecule has 2 rings (SSSR count). The largest absolute Gasteiger partial charge is 0.339 e. The second-order valence-electron chi connectivity index (χ2n) is 4.85. The van der Waals surface area contributed by atoms with Gasteiger partial charge in [0.15, 0.2) is 0 Å². The van der Waals surface area contributed by atoms with Crippen molar-refractivity contribution in [2.24, 2.45) is 11.8 Å². The third-order valence-electron chi connectivity index (χ3n) is 3.67. The van der Waals surface area contributed by atoms with Crippen LogP contribution in [-0.2, 0) is 0 Å². The molecule has 1 fully saturated rings. The van der Waals surface area contributed by atoms with E-state index in [1.165, 1.54) is 6.42 Å². The first-order chi connectivity index (χ1) is 9.13. The van der Waals surface area contributed by atoms with Gasteiger partial charge in [-0.3, -0.25) is 4.79 Å². The van der Waals surface area contributed by atoms with Crippen molar-refractivity contribution in [2.45, 2.75) is 26.2 Å². The summed E-state index contributed by atoms with van der Waals surface area (Å²) in [5.74, 6) is 6.45. The Labute approximate surface area is 118 Å². The van der Waals surface area contributed by atoms with Crippen LogP contribution in [-0.4, -0.2) is 28.9 Å². The maximum absolute atomic E-state index is 12.4. The van der Waals surface area contributed by atoms with Gasteiger partial charge in [0.1, 0.15) is 11.0 Å². The number of rotatable bonds is 3. The fraction of sp³-hybridized carbons (Fsp3) is 0.538. The summed E-state index contributed by atoms with van der Waals surface area (Å²) in [6.07, 6.45) is 3.33. The van der Waals surface area contributed by atoms with E-state index in [-0.39, 0.29) is 11.1 Å². The van der Waals surface area contributed by atoms with E-state index in [0.29, 0.717) is 11.4 Å². The number of amides is 1. The second kappa shape index (κ2) is 6.21. The summed E-state index contributed by atoms with van der Waals surface area (Å²) in [6.45, 7) is 3.81. The SMILES string of the molecule is CCC1CCN(C(=O)c2cc(Cl)nc(NN)c2)CC1. The van der Waals surface area contributed by atoms with Gasteiger partial charge >= 0.3 is 0 Å². The average molecular weight is 283 g/mol. The lowest BCUT2D eigenvalue weighted by molar-refractivity contribution is 0.0688. The minimum Gasteiger partial charge on any atom is -0.339 e. The van der Waals surface area contributed by atoms with Crippen molar-refractivity contribution in [2.75, 3.05) is 18.5 Å². The van der Waals surface area contributed by atoms with Gasteiger partial charge in [-0.25, -0.2) is 10.8 Å². The van der Waals surface area contributed by atoms with Gasteiger partial charge in [-0.1, -0.05) is 24.9 Å². The molecule has 104 valence electrons. The third kappa shape index (κ3) is 3.36. The maximum atomic E-state index is 12.4. The highest BCUT2D eigenvalue weighted by Gasteiger charge is 2.23. The average Bonchev–Trinajstić information content (AvgIpc) is 2.46. The highest BCUT2D eigenvalue weighted by atomic mass is 35.5. The van der Waals surface area contributed by atoms with Gasteiger partial charge in [0.05, 0.1) is 0 Å². The first-order valence-electron chi connectivity index (χ1n) is 6.57. The molecule has 0 aromatic carbocycles. The molecular formula is C13H19ClN4O. The van der Waals surface area contributed by atoms with Gasteiger partial charge in [-0.05, 0) is 30.9 Å². The Hall–Kier alpha value is -1.33. The Balaban J connectivity index is 2.09. The Morgan fingerprint density at radius 3 is 2.79 bits per heavy atom. The van der Waals surface area contributed by atoms with Crippen LogP contribution in [0.4, 0.5) is 5.82 Å². The predicted octanol–water partition coefficient (Wildman–Crippen LogP) is 2.28. The Bertz CT molecular complexity index is 458. The molecule has 0 unspecified atom stereocenters. The zero-order chi connectivity index (χ0) is 13.8. The molecule has 3 N–H and O–H groups in total. The Morgan fingerprint density at radius 1 is 1.53 bits per heavy atom. The molecule has 0 saturated carbocycles. The van der Waals surface area contributed by atoms with Crippen molar-refractivity contribution in [1.82, 2.24) is 9.88 Å². The topological polar surface area (TPSA) is 71.2 Å². The molecule has 6 heteroatoms. The number of carbonyl (C=O) groups is 1. The maximum Gasteiger partial charge on any atom is 0.254 e. The zero-order valence-corrected chi connectivity index (χ0v) is 11.8. The van der Waals surface area contributed by atoms with Crippen LogP contribution in [0.3, 0.4) is 0 Å². The molecule has 5 nitrogen and oxygen atoms in total. The summed E-state index contributed by atoms with van der Waals surface area (Å²) in [5.41, 5.74) is 2.95. The number of hydrogen-bond donors (Lipinski definition) is 2. The lowest BCUT2D eigenvalue weighted by atomic mass is 9.94. The third-order valence-corrected chi connectivity index (χ3v) is 3.86. The molecule has 1 amide bonds. The van der Waals surface area contributed by atoms with Crippen LogP contribution in [0.2, 0.25) is 5.15 Å². The summed E-state index contributed by atoms with van der Waals surface area (Å²) in [5, 5.41) is 0.266. The number of pyridine rings is 1. The van der Waals surface area contributed by atoms with Crippen molar-refractivity contribution in [3.05, 3.63) is 22.8 Å². The number of nitrogen functional groups attached to an aromatic ring is 1. The summed E-state index contributed by atoms with van der Waals surface area (Å²) < 4.78 is 0. The highest BCUT2D eigenvalue weighted by molar-refractivity contribution is 6.29. The summed E-state index contributed by atoms with van der Waals surface area (Å²) in [7, 11) is 0. The number of piperidine rings is 1. The van der Waals surface area contributed by atoms with E-state index in [1.54, 1.807) is 12.1 Å². The van der Waals surface area contributed by atoms with Crippen LogP contribution in [0, 0.1) is 5.92 Å². The van der Waals surface area contributed by atoms with Gasteiger partial charge in [0.2, 0.25) is 0 Å². The van der Waals surface area contributed by atoms with E-state index < -0.39 is 0 Å². The van der Waals surface area contributed by atoms with Crippen molar-refractivity contribution < 1.29 is 4.79 Å². The van der Waals surface area contributed by atoms with Gasteiger partial charge in [0.25, 0.3) is 5.91 Å². The molecule has 1 aromatic heterocycles. The van der Waals surface area contributed by atoms with Crippen LogP contribution in [0.1, 0.15) is 36.5 Å². The summed E-state index contributed by atoms with van der Waals surface area (Å²) >= 11 is 5.88. The Kier molecular flexibility index (Phi) is 4.61. The molecule has 1 saturated heterocycles. The van der Waals surface area contributed by atoms with Crippen LogP contribution in [0.25, 0.3) is 0 Å². The van der Waals surface area contributed by atoms with Gasteiger partial charge in [0, 0.05) is 18.7 Å². The predicted molar refractivity (Wildman–Crippen MR) is 76.0 cm³/mol. The van der Waals surface area contributed by atoms with Crippen LogP contribution < -0.4 is 11.3 Å². The zero-order valence-electron chi connectivity index (χ0n) is 11.0. The van der Waals surface area contributed by atoms with Crippen molar-refractivity contribution in [3.63, 3.8) is 0 Å². The molecule has 19 heavy (non-hydrogen) atoms. The first-order valence-corrected chi connectivity index (χ1v) is 6.95. The quantitative estimate of drug-likeness (QED) is 0.507. The van der Waals surface area contributed by atoms with Crippen LogP contribution in [0.5, 0.6) is 0 Å². The molecule has 2 heterocycles. The molecule has 0 aliphatic carbocycles. The number of hydrogen-bond acceptors (Lipinski definition) is 4. The lowest BCUT2D eigenvalue weighted by Gasteiger charge is -2.31. The summed E-state index contributed by atoms with van der Waals surface area (Å²) in [6, 6.07) is 3.21. The molecule has 1 aliphatic rings. The van der Waals surface area contributed by atoms with E-state index in [4.69, 9.17) is 17.4 Å². The number of nitrogens with two attached hydrogens (primary N) is 1.